The van der Waals surface area contributed by atoms with Gasteiger partial charge in [0.25, 0.3) is 17.1 Å². The fraction of sp³-hybridized carbons (Fsp3) is 0. The molecule has 12 rings (SSSR count). The summed E-state index contributed by atoms with van der Waals surface area (Å²) in [7, 11) is -15.2. The van der Waals surface area contributed by atoms with E-state index >= 15 is 0 Å². The number of azo groups is 3. The van der Waals surface area contributed by atoms with Gasteiger partial charge in [-0.25, -0.2) is 25.3 Å². The molecule has 0 radical (unpaired) electrons. The number of rotatable bonds is 12. The molecule has 12 aromatic rings. The third-order valence-electron chi connectivity index (χ3n) is 13.9. The van der Waals surface area contributed by atoms with Crippen molar-refractivity contribution in [1.82, 2.24) is 0 Å². The molecule has 0 aliphatic rings. The minimum Gasteiger partial charge on any atom is -0.744 e. The molecule has 0 amide bonds. The molecule has 0 aliphatic heterocycles. The van der Waals surface area contributed by atoms with Crippen LogP contribution in [0.3, 0.4) is 0 Å². The number of fused-ring (bicyclic) bond motifs is 6. The Balaban J connectivity index is 0.000000181. The van der Waals surface area contributed by atoms with Gasteiger partial charge in [-0.05, 0) is 52.6 Å². The largest absolute Gasteiger partial charge is 0.744 e. The van der Waals surface area contributed by atoms with Crippen molar-refractivity contribution in [2.24, 2.45) is 30.7 Å². The van der Waals surface area contributed by atoms with Crippen LogP contribution in [0, 0.1) is 30.3 Å². The Morgan fingerprint density at radius 3 is 0.716 bits per heavy atom. The molecule has 12 aromatic carbocycles. The summed E-state index contributed by atoms with van der Waals surface area (Å²) in [6.45, 7) is 0. The summed E-state index contributed by atoms with van der Waals surface area (Å²) in [5, 5.41) is 122. The van der Waals surface area contributed by atoms with E-state index in [9.17, 15) is 99.9 Å². The van der Waals surface area contributed by atoms with Gasteiger partial charge in [-0.1, -0.05) is 91.0 Å². The zero-order chi connectivity index (χ0) is 67.0. The first-order valence-electron chi connectivity index (χ1n) is 26.1. The maximum absolute atomic E-state index is 11.6. The van der Waals surface area contributed by atoms with E-state index in [-0.39, 0.29) is 118 Å². The van der Waals surface area contributed by atoms with E-state index in [0.717, 1.165) is 52.6 Å². The molecule has 480 valence electrons. The normalized spacial score (nSPS) is 11.8. The van der Waals surface area contributed by atoms with Gasteiger partial charge in [0.05, 0.1) is 29.5 Å². The number of non-ortho nitro benzene ring substituents is 3. The average molecular weight is 1420 g/mol. The summed E-state index contributed by atoms with van der Waals surface area (Å²) in [5.74, 6) is -2.54. The molecule has 0 bridgehead atoms. The van der Waals surface area contributed by atoms with Crippen molar-refractivity contribution in [3.63, 3.8) is 0 Å². The van der Waals surface area contributed by atoms with E-state index in [1.54, 1.807) is 91.0 Å². The number of phenolic OH excluding ortho intramolecular Hbond substituents is 6. The third-order valence-corrected chi connectivity index (χ3v) is 16.6. The Morgan fingerprint density at radius 2 is 0.495 bits per heavy atom. The Morgan fingerprint density at radius 1 is 0.274 bits per heavy atom. The van der Waals surface area contributed by atoms with Crippen LogP contribution in [0.15, 0.2) is 227 Å². The first-order valence-corrected chi connectivity index (χ1v) is 30.3. The summed E-state index contributed by atoms with van der Waals surface area (Å²) in [6, 6.07) is 41.9. The van der Waals surface area contributed by atoms with Gasteiger partial charge in [-0.3, -0.25) is 30.3 Å². The molecule has 6 N–H and O–H groups in total. The van der Waals surface area contributed by atoms with Crippen LogP contribution in [0.4, 0.5) is 51.2 Å². The zero-order valence-corrected chi connectivity index (χ0v) is 52.2. The summed E-state index contributed by atoms with van der Waals surface area (Å²) in [6.07, 6.45) is 0. The first-order chi connectivity index (χ1) is 44.0. The van der Waals surface area contributed by atoms with Gasteiger partial charge in [0.15, 0.2) is 0 Å². The summed E-state index contributed by atoms with van der Waals surface area (Å²) in [5.41, 5.74) is -1.68. The van der Waals surface area contributed by atoms with Crippen LogP contribution >= 0.6 is 0 Å². The first kappa shape index (κ1) is 69.7. The maximum atomic E-state index is 11.6. The van der Waals surface area contributed by atoms with Crippen LogP contribution < -0.4 is 0 Å². The number of nitro groups is 3. The summed E-state index contributed by atoms with van der Waals surface area (Å²) < 4.78 is 105. The second-order valence-electron chi connectivity index (χ2n) is 19.6. The monoisotopic (exact) mass is 1420 g/mol. The van der Waals surface area contributed by atoms with Crippen LogP contribution in [0.1, 0.15) is 0 Å². The summed E-state index contributed by atoms with van der Waals surface area (Å²) in [4.78, 5) is 28.6. The van der Waals surface area contributed by atoms with Crippen molar-refractivity contribution in [3.05, 3.63) is 212 Å². The van der Waals surface area contributed by atoms with Crippen molar-refractivity contribution in [1.29, 1.82) is 0 Å². The van der Waals surface area contributed by atoms with Crippen molar-refractivity contribution < 1.29 is 119 Å². The number of benzene rings is 12. The molecule has 0 heterocycles. The second-order valence-corrected chi connectivity index (χ2v) is 23.7. The van der Waals surface area contributed by atoms with E-state index in [2.05, 4.69) is 30.7 Å². The topological polar surface area (TPSA) is 497 Å². The zero-order valence-electron chi connectivity index (χ0n) is 47.2. The number of hydrogen-bond acceptors (Lipinski definition) is 27. The average Bonchev–Trinajstić information content (AvgIpc) is 0.774. The third kappa shape index (κ3) is 14.5. The maximum Gasteiger partial charge on any atom is 0.270 e. The van der Waals surface area contributed by atoms with E-state index in [1.807, 2.05) is 0 Å². The van der Waals surface area contributed by atoms with Crippen LogP contribution in [0.25, 0.3) is 64.6 Å². The number of nitro benzene ring substituents is 3. The van der Waals surface area contributed by atoms with Crippen molar-refractivity contribution in [2.75, 3.05) is 0 Å². The number of nitrogens with zero attached hydrogens (tertiary/aromatic N) is 9. The predicted molar refractivity (Wildman–Crippen MR) is 330 cm³/mol. The van der Waals surface area contributed by atoms with Gasteiger partial charge in [0, 0.05) is 138 Å². The Hall–Kier alpha value is -11.2. The summed E-state index contributed by atoms with van der Waals surface area (Å²) >= 11 is 0. The fourth-order valence-electron chi connectivity index (χ4n) is 9.68. The van der Waals surface area contributed by atoms with Gasteiger partial charge in [0.1, 0.15) is 99.0 Å². The Bertz CT molecular complexity index is 5110. The molecule has 0 aliphatic carbocycles. The van der Waals surface area contributed by atoms with Crippen LogP contribution in [-0.2, 0) is 65.1 Å². The van der Waals surface area contributed by atoms with Crippen LogP contribution in [0.5, 0.6) is 34.5 Å². The fourth-order valence-corrected chi connectivity index (χ4v) is 11.8. The van der Waals surface area contributed by atoms with Gasteiger partial charge in [-0.2, -0.15) is 0 Å². The molecule has 0 aromatic heterocycles. The Kier molecular flexibility index (Phi) is 20.2. The minimum atomic E-state index is -5.06. The molecule has 0 atom stereocenters. The Labute approximate surface area is 554 Å². The number of aromatic hydroxyl groups is 6. The van der Waals surface area contributed by atoms with Gasteiger partial charge >= 0.3 is 0 Å². The quantitative estimate of drug-likeness (QED) is 0.0286. The van der Waals surface area contributed by atoms with E-state index < -0.39 is 94.1 Å². The molecule has 35 heteroatoms. The van der Waals surface area contributed by atoms with Crippen LogP contribution in [0.2, 0.25) is 0 Å². The van der Waals surface area contributed by atoms with Crippen molar-refractivity contribution in [3.8, 4) is 34.5 Å². The minimum absolute atomic E-state index is 0. The van der Waals surface area contributed by atoms with E-state index in [0.29, 0.717) is 34.4 Å². The molecule has 0 fully saturated rings. The molecular weight excluding hydrogens is 1380 g/mol. The van der Waals surface area contributed by atoms with Crippen molar-refractivity contribution in [2.45, 2.75) is 14.7 Å². The number of phenols is 6. The molecule has 0 saturated carbocycles. The molecule has 0 saturated heterocycles. The SMILES string of the molecule is O=[N+]([O-])c1ccc2c(N=Nc3c(O)ccc4ccccc34)c(O)cc(S(=O)(=O)[O-])c2c1.O=[N+]([O-])c1ccc2c(N=Nc3c(O)ccc4ccccc34)c(O)cc(S(=O)(=O)[O-])c2c1.O=[N+]([O-])c1ccc2c(N=Nc3c(O)ccc4ccccc34)c(O)cc(S(=O)(=O)[O-])c2c1.[Cr].[Cr]. The number of hydrogen-bond donors (Lipinski definition) is 6. The van der Waals surface area contributed by atoms with Gasteiger partial charge in [-0.15, -0.1) is 30.7 Å². The molecular formula is C60H36Cr2N9O21S3-3. The molecule has 95 heavy (non-hydrogen) atoms. The second kappa shape index (κ2) is 27.6. The van der Waals surface area contributed by atoms with E-state index in [1.165, 1.54) is 36.4 Å². The molecule has 30 nitrogen and oxygen atoms in total. The predicted octanol–water partition coefficient (Wildman–Crippen LogP) is 13.9. The smallest absolute Gasteiger partial charge is 0.270 e. The van der Waals surface area contributed by atoms with E-state index in [4.69, 9.17) is 0 Å². The standard InChI is InChI=1S/3C20H13N3O7S.2Cr/c3*24-16-8-5-11-3-1-2-4-13(11)19(16)21-22-20-14-7-6-12(23(26)27)9-15(14)18(10-17(20)25)31(28,29)30;;/h3*1-10,24-25H,(H,28,29,30);;/p-3. The van der Waals surface area contributed by atoms with Crippen LogP contribution in [-0.4, -0.2) is 84.3 Å². The molecule has 0 unspecified atom stereocenters. The van der Waals surface area contributed by atoms with Gasteiger partial charge in [0.2, 0.25) is 0 Å². The van der Waals surface area contributed by atoms with Gasteiger partial charge < -0.3 is 44.3 Å². The molecule has 0 spiro atoms. The van der Waals surface area contributed by atoms with Crippen molar-refractivity contribution >= 4 is 146 Å².